The number of unbranched alkanes of at least 4 members (excludes halogenated alkanes) is 2. The van der Waals surface area contributed by atoms with Crippen molar-refractivity contribution in [1.29, 1.82) is 0 Å². The molecule has 0 heterocycles. The fourth-order valence-electron chi connectivity index (χ4n) is 2.97. The largest absolute Gasteiger partial charge is 0.445 e. The summed E-state index contributed by atoms with van der Waals surface area (Å²) < 4.78 is 4.71. The van der Waals surface area contributed by atoms with Crippen molar-refractivity contribution in [3.05, 3.63) is 29.8 Å². The van der Waals surface area contributed by atoms with E-state index in [-0.39, 0.29) is 38.4 Å². The molecule has 0 saturated carbocycles. The molecule has 0 saturated heterocycles. The van der Waals surface area contributed by atoms with Crippen LogP contribution in [0.4, 0.5) is 15.3 Å². The molecule has 0 aromatic heterocycles. The molecule has 0 spiro atoms. The first-order chi connectivity index (χ1) is 16.7. The first-order valence-corrected chi connectivity index (χ1v) is 11.3. The van der Waals surface area contributed by atoms with E-state index in [9.17, 15) is 24.0 Å². The molecule has 1 aromatic carbocycles. The van der Waals surface area contributed by atoms with Crippen molar-refractivity contribution in [2.24, 2.45) is 17.2 Å². The monoisotopic (exact) mass is 493 g/mol. The molecule has 0 aliphatic heterocycles. The number of hydrogen-bond acceptors (Lipinski definition) is 7. The Morgan fingerprint density at radius 3 is 2.23 bits per heavy atom. The highest BCUT2D eigenvalue weighted by molar-refractivity contribution is 5.97. The predicted octanol–water partition coefficient (Wildman–Crippen LogP) is -0.211. The number of urea groups is 1. The summed E-state index contributed by atoms with van der Waals surface area (Å²) in [6.07, 6.45) is 2.32. The summed E-state index contributed by atoms with van der Waals surface area (Å²) in [5.41, 5.74) is 16.5. The molecule has 13 nitrogen and oxygen atoms in total. The lowest BCUT2D eigenvalue weighted by molar-refractivity contribution is -0.128. The van der Waals surface area contributed by atoms with Crippen LogP contribution < -0.4 is 38.5 Å². The number of hydrogen-bond donors (Lipinski definition) is 7. The first kappa shape index (κ1) is 29.2. The number of primary amides is 2. The lowest BCUT2D eigenvalue weighted by Gasteiger charge is -2.19. The van der Waals surface area contributed by atoms with Gasteiger partial charge in [-0.3, -0.25) is 14.4 Å². The number of ether oxygens (including phenoxy) is 1. The second-order valence-corrected chi connectivity index (χ2v) is 7.72. The van der Waals surface area contributed by atoms with Crippen LogP contribution in [0.5, 0.6) is 0 Å². The molecule has 10 N–H and O–H groups in total. The van der Waals surface area contributed by atoms with Crippen LogP contribution in [0.3, 0.4) is 0 Å². The molecule has 6 amide bonds. The molecule has 1 atom stereocenters. The standard InChI is InChI=1S/C22H35N7O6/c23-11-3-1-2-6-18(30)27-13-19(31)29-17(5-4-12-26-21(24)33)20(32)28-16-9-7-15(8-10-16)14-35-22(25)34/h7-10,17H,1-6,11-14,23H2,(H2,25,34)(H,27,30)(H,28,32)(H,29,31)(H3,24,26,33). The molecule has 1 rings (SSSR count). The van der Waals surface area contributed by atoms with Crippen LogP contribution in [0.15, 0.2) is 24.3 Å². The molecule has 0 fully saturated rings. The third kappa shape index (κ3) is 14.1. The van der Waals surface area contributed by atoms with Crippen LogP contribution in [0.1, 0.15) is 44.1 Å². The minimum atomic E-state index is -0.920. The number of benzene rings is 1. The van der Waals surface area contributed by atoms with Crippen molar-refractivity contribution >= 4 is 35.5 Å². The van der Waals surface area contributed by atoms with Crippen LogP contribution in [-0.4, -0.2) is 55.5 Å². The van der Waals surface area contributed by atoms with Gasteiger partial charge in [0, 0.05) is 18.7 Å². The Labute approximate surface area is 203 Å². The van der Waals surface area contributed by atoms with E-state index >= 15 is 0 Å². The van der Waals surface area contributed by atoms with E-state index in [1.54, 1.807) is 24.3 Å². The summed E-state index contributed by atoms with van der Waals surface area (Å²) in [5, 5.41) is 10.3. The number of nitrogens with two attached hydrogens (primary N) is 3. The average molecular weight is 494 g/mol. The second kappa shape index (κ2) is 16.7. The first-order valence-electron chi connectivity index (χ1n) is 11.3. The minimum Gasteiger partial charge on any atom is -0.445 e. The molecule has 1 unspecified atom stereocenters. The summed E-state index contributed by atoms with van der Waals surface area (Å²) in [7, 11) is 0. The molecule has 1 aromatic rings. The molecule has 0 radical (unpaired) electrons. The van der Waals surface area contributed by atoms with E-state index < -0.39 is 30.0 Å². The Balaban J connectivity index is 2.63. The number of rotatable bonds is 16. The van der Waals surface area contributed by atoms with Gasteiger partial charge in [0.25, 0.3) is 0 Å². The Kier molecular flexibility index (Phi) is 13.9. The van der Waals surface area contributed by atoms with Gasteiger partial charge in [-0.05, 0) is 49.9 Å². The second-order valence-electron chi connectivity index (χ2n) is 7.72. The Morgan fingerprint density at radius 2 is 1.60 bits per heavy atom. The lowest BCUT2D eigenvalue weighted by Crippen LogP contribution is -2.47. The topological polar surface area (TPSA) is 221 Å². The smallest absolute Gasteiger partial charge is 0.404 e. The van der Waals surface area contributed by atoms with Crippen LogP contribution in [-0.2, 0) is 25.7 Å². The fourth-order valence-corrected chi connectivity index (χ4v) is 2.97. The Bertz CT molecular complexity index is 847. The van der Waals surface area contributed by atoms with E-state index in [4.69, 9.17) is 21.9 Å². The number of nitrogens with one attached hydrogen (secondary N) is 4. The highest BCUT2D eigenvalue weighted by Gasteiger charge is 2.21. The zero-order valence-corrected chi connectivity index (χ0v) is 19.6. The average Bonchev–Trinajstić information content (AvgIpc) is 2.81. The van der Waals surface area contributed by atoms with Crippen LogP contribution in [0.2, 0.25) is 0 Å². The van der Waals surface area contributed by atoms with Crippen molar-refractivity contribution < 1.29 is 28.7 Å². The third-order valence-electron chi connectivity index (χ3n) is 4.78. The third-order valence-corrected chi connectivity index (χ3v) is 4.78. The van der Waals surface area contributed by atoms with Crippen molar-refractivity contribution in [2.75, 3.05) is 25.0 Å². The molecule has 0 aliphatic rings. The van der Waals surface area contributed by atoms with Crippen molar-refractivity contribution in [2.45, 2.75) is 51.2 Å². The van der Waals surface area contributed by atoms with Gasteiger partial charge in [0.1, 0.15) is 12.6 Å². The molecule has 35 heavy (non-hydrogen) atoms. The molecular formula is C22H35N7O6. The maximum atomic E-state index is 12.8. The maximum Gasteiger partial charge on any atom is 0.404 e. The quantitative estimate of drug-likeness (QED) is 0.153. The van der Waals surface area contributed by atoms with E-state index in [0.29, 0.717) is 30.6 Å². The van der Waals surface area contributed by atoms with Gasteiger partial charge in [-0.25, -0.2) is 9.59 Å². The summed E-state index contributed by atoms with van der Waals surface area (Å²) in [5.74, 6) is -1.27. The molecule has 13 heteroatoms. The van der Waals surface area contributed by atoms with Crippen molar-refractivity contribution in [3.63, 3.8) is 0 Å². The minimum absolute atomic E-state index is 0.00611. The fraction of sp³-hybridized carbons (Fsp3) is 0.500. The van der Waals surface area contributed by atoms with Crippen LogP contribution >= 0.6 is 0 Å². The summed E-state index contributed by atoms with van der Waals surface area (Å²) in [6, 6.07) is 4.89. The zero-order chi connectivity index (χ0) is 26.1. The summed E-state index contributed by atoms with van der Waals surface area (Å²) >= 11 is 0. The van der Waals surface area contributed by atoms with Crippen LogP contribution in [0, 0.1) is 0 Å². The normalized spacial score (nSPS) is 11.1. The number of amides is 6. The number of carbonyl (C=O) groups is 5. The van der Waals surface area contributed by atoms with Gasteiger partial charge in [0.2, 0.25) is 17.7 Å². The highest BCUT2D eigenvalue weighted by Crippen LogP contribution is 2.12. The van der Waals surface area contributed by atoms with E-state index in [0.717, 1.165) is 12.8 Å². The molecule has 0 bridgehead atoms. The maximum absolute atomic E-state index is 12.8. The van der Waals surface area contributed by atoms with E-state index in [1.165, 1.54) is 0 Å². The summed E-state index contributed by atoms with van der Waals surface area (Å²) in [4.78, 5) is 58.6. The number of anilines is 1. The van der Waals surface area contributed by atoms with Gasteiger partial charge in [0.15, 0.2) is 0 Å². The van der Waals surface area contributed by atoms with Gasteiger partial charge >= 0.3 is 12.1 Å². The molecule has 0 aliphatic carbocycles. The van der Waals surface area contributed by atoms with Gasteiger partial charge in [-0.15, -0.1) is 0 Å². The lowest BCUT2D eigenvalue weighted by atomic mass is 10.1. The van der Waals surface area contributed by atoms with Gasteiger partial charge in [-0.1, -0.05) is 18.6 Å². The van der Waals surface area contributed by atoms with E-state index in [1.807, 2.05) is 0 Å². The number of carbonyl (C=O) groups excluding carboxylic acids is 5. The van der Waals surface area contributed by atoms with Gasteiger partial charge in [-0.2, -0.15) is 0 Å². The van der Waals surface area contributed by atoms with Crippen molar-refractivity contribution in [3.8, 4) is 0 Å². The predicted molar refractivity (Wildman–Crippen MR) is 129 cm³/mol. The van der Waals surface area contributed by atoms with Crippen LogP contribution in [0.25, 0.3) is 0 Å². The van der Waals surface area contributed by atoms with Gasteiger partial charge in [0.05, 0.1) is 6.54 Å². The summed E-state index contributed by atoms with van der Waals surface area (Å²) in [6.45, 7) is 0.515. The molecular weight excluding hydrogens is 458 g/mol. The molecule has 194 valence electrons. The highest BCUT2D eigenvalue weighted by atomic mass is 16.5. The van der Waals surface area contributed by atoms with Crippen molar-refractivity contribution in [1.82, 2.24) is 16.0 Å². The Hall–Kier alpha value is -3.87. The van der Waals surface area contributed by atoms with Gasteiger partial charge < -0.3 is 43.2 Å². The SMILES string of the molecule is NCCCCCC(=O)NCC(=O)NC(CCCNC(N)=O)C(=O)Nc1ccc(COC(N)=O)cc1. The Morgan fingerprint density at radius 1 is 0.886 bits per heavy atom. The zero-order valence-electron chi connectivity index (χ0n) is 19.6. The van der Waals surface area contributed by atoms with E-state index in [2.05, 4.69) is 21.3 Å².